The fourth-order valence-electron chi connectivity index (χ4n) is 4.57. The molecule has 2 saturated carbocycles. The van der Waals surface area contributed by atoms with Crippen molar-refractivity contribution in [2.75, 3.05) is 5.32 Å². The molecule has 6 heteroatoms. The molecule has 2 bridgehead atoms. The van der Waals surface area contributed by atoms with E-state index < -0.39 is 24.1 Å². The molecule has 0 unspecified atom stereocenters. The highest BCUT2D eigenvalue weighted by molar-refractivity contribution is 6.62. The van der Waals surface area contributed by atoms with Gasteiger partial charge in [0.15, 0.2) is 0 Å². The first-order valence-corrected chi connectivity index (χ1v) is 9.62. The van der Waals surface area contributed by atoms with E-state index in [1.165, 1.54) is 18.9 Å². The largest absolute Gasteiger partial charge is 0.497 e. The van der Waals surface area contributed by atoms with Gasteiger partial charge in [0, 0.05) is 17.1 Å². The van der Waals surface area contributed by atoms with Gasteiger partial charge in [-0.3, -0.25) is 4.79 Å². The normalized spacial score (nSPS) is 31.4. The van der Waals surface area contributed by atoms with E-state index in [-0.39, 0.29) is 11.8 Å². The molecule has 2 aliphatic carbocycles. The second-order valence-corrected chi connectivity index (χ2v) is 9.10. The average molecular weight is 359 g/mol. The fourth-order valence-corrected chi connectivity index (χ4v) is 4.57. The number of nitrogens with one attached hydrogen (secondary N) is 1. The number of amides is 1. The Morgan fingerprint density at radius 3 is 2.38 bits per heavy atom. The summed E-state index contributed by atoms with van der Waals surface area (Å²) in [5.74, 6) is 0.904. The van der Waals surface area contributed by atoms with Gasteiger partial charge in [-0.1, -0.05) is 12.5 Å². The summed E-state index contributed by atoms with van der Waals surface area (Å²) in [6.07, 6.45) is 4.56. The minimum absolute atomic E-state index is 0.0278. The standard InChI is InChI=1S/C20H27BFNO3/c1-19(2)20(3,4)26-21(25-19)16-8-7-14(11-17(16)22)23-18(24)15-10-12-5-6-13(15)9-12/h7-8,11-13,15H,5-6,9-10H2,1-4H3,(H,23,24)/t12-,13+,15+/m0/s1. The van der Waals surface area contributed by atoms with Crippen LogP contribution < -0.4 is 10.8 Å². The maximum absolute atomic E-state index is 14.7. The number of carbonyl (C=O) groups is 1. The third-order valence-electron chi connectivity index (χ3n) is 6.85. The molecule has 4 nitrogen and oxygen atoms in total. The van der Waals surface area contributed by atoms with Crippen LogP contribution in [0.25, 0.3) is 0 Å². The number of anilines is 1. The third kappa shape index (κ3) is 2.97. The van der Waals surface area contributed by atoms with E-state index in [0.717, 1.165) is 12.8 Å². The van der Waals surface area contributed by atoms with Crippen LogP contribution in [0.15, 0.2) is 18.2 Å². The van der Waals surface area contributed by atoms with Crippen LogP contribution in [0, 0.1) is 23.6 Å². The highest BCUT2D eigenvalue weighted by Gasteiger charge is 2.52. The van der Waals surface area contributed by atoms with E-state index in [0.29, 0.717) is 23.0 Å². The highest BCUT2D eigenvalue weighted by Crippen LogP contribution is 2.48. The number of hydrogen-bond acceptors (Lipinski definition) is 3. The van der Waals surface area contributed by atoms with Crippen molar-refractivity contribution < 1.29 is 18.5 Å². The van der Waals surface area contributed by atoms with Crippen LogP contribution in [0.4, 0.5) is 10.1 Å². The Labute approximate surface area is 155 Å². The zero-order valence-corrected chi connectivity index (χ0v) is 16.0. The Bertz CT molecular complexity index is 720. The smallest absolute Gasteiger partial charge is 0.399 e. The number of carbonyl (C=O) groups excluding carboxylic acids is 1. The van der Waals surface area contributed by atoms with Gasteiger partial charge in [0.05, 0.1) is 11.2 Å². The Kier molecular flexibility index (Phi) is 4.19. The van der Waals surface area contributed by atoms with Crippen molar-refractivity contribution in [3.05, 3.63) is 24.0 Å². The van der Waals surface area contributed by atoms with Gasteiger partial charge in [-0.25, -0.2) is 4.39 Å². The van der Waals surface area contributed by atoms with Gasteiger partial charge in [-0.15, -0.1) is 0 Å². The van der Waals surface area contributed by atoms with Crippen LogP contribution in [0.2, 0.25) is 0 Å². The van der Waals surface area contributed by atoms with Crippen LogP contribution >= 0.6 is 0 Å². The summed E-state index contributed by atoms with van der Waals surface area (Å²) < 4.78 is 26.5. The van der Waals surface area contributed by atoms with E-state index in [9.17, 15) is 9.18 Å². The van der Waals surface area contributed by atoms with E-state index >= 15 is 0 Å². The number of benzene rings is 1. The number of fused-ring (bicyclic) bond motifs is 2. The van der Waals surface area contributed by atoms with Crippen molar-refractivity contribution in [3.8, 4) is 0 Å². The van der Waals surface area contributed by atoms with Crippen LogP contribution in [0.3, 0.4) is 0 Å². The molecule has 3 aliphatic rings. The quantitative estimate of drug-likeness (QED) is 0.841. The lowest BCUT2D eigenvalue weighted by atomic mass is 9.78. The molecule has 1 aromatic carbocycles. The van der Waals surface area contributed by atoms with Gasteiger partial charge >= 0.3 is 7.12 Å². The van der Waals surface area contributed by atoms with Gasteiger partial charge in [0.25, 0.3) is 0 Å². The molecule has 1 saturated heterocycles. The number of halogens is 1. The molecular formula is C20H27BFNO3. The fraction of sp³-hybridized carbons (Fsp3) is 0.650. The molecular weight excluding hydrogens is 332 g/mol. The predicted octanol–water partition coefficient (Wildman–Crippen LogP) is 3.50. The number of hydrogen-bond donors (Lipinski definition) is 1. The lowest BCUT2D eigenvalue weighted by Crippen LogP contribution is -2.41. The van der Waals surface area contributed by atoms with Crippen molar-refractivity contribution in [2.45, 2.75) is 64.6 Å². The first-order chi connectivity index (χ1) is 12.2. The van der Waals surface area contributed by atoms with Crippen LogP contribution in [0.5, 0.6) is 0 Å². The van der Waals surface area contributed by atoms with E-state index in [1.54, 1.807) is 12.1 Å². The Morgan fingerprint density at radius 1 is 1.15 bits per heavy atom. The molecule has 1 amide bonds. The van der Waals surface area contributed by atoms with Crippen molar-refractivity contribution in [1.82, 2.24) is 0 Å². The monoisotopic (exact) mass is 359 g/mol. The van der Waals surface area contributed by atoms with Crippen molar-refractivity contribution in [1.29, 1.82) is 0 Å². The molecule has 0 radical (unpaired) electrons. The topological polar surface area (TPSA) is 47.6 Å². The molecule has 3 atom stereocenters. The zero-order valence-electron chi connectivity index (χ0n) is 16.0. The SMILES string of the molecule is CC1(C)OB(c2ccc(NC(=O)[C@@H]3C[C@H]4CC[C@@H]3C4)cc2F)OC1(C)C. The summed E-state index contributed by atoms with van der Waals surface area (Å²) in [6, 6.07) is 4.74. The molecule has 1 heterocycles. The second kappa shape index (κ2) is 6.06. The summed E-state index contributed by atoms with van der Waals surface area (Å²) in [4.78, 5) is 12.5. The lowest BCUT2D eigenvalue weighted by Gasteiger charge is -2.32. The molecule has 4 rings (SSSR count). The Morgan fingerprint density at radius 2 is 1.85 bits per heavy atom. The molecule has 1 aliphatic heterocycles. The molecule has 1 aromatic rings. The summed E-state index contributed by atoms with van der Waals surface area (Å²) in [7, 11) is -0.740. The molecule has 3 fully saturated rings. The van der Waals surface area contributed by atoms with Crippen LogP contribution in [-0.4, -0.2) is 24.2 Å². The van der Waals surface area contributed by atoms with Crippen LogP contribution in [0.1, 0.15) is 53.4 Å². The highest BCUT2D eigenvalue weighted by atomic mass is 19.1. The summed E-state index contributed by atoms with van der Waals surface area (Å²) in [6.45, 7) is 7.76. The Hall–Kier alpha value is -1.40. The second-order valence-electron chi connectivity index (χ2n) is 9.10. The van der Waals surface area contributed by atoms with Gasteiger partial charge < -0.3 is 14.6 Å². The van der Waals surface area contributed by atoms with Gasteiger partial charge in [-0.05, 0) is 70.9 Å². The third-order valence-corrected chi connectivity index (χ3v) is 6.85. The first kappa shape index (κ1) is 18.0. The minimum atomic E-state index is -0.740. The summed E-state index contributed by atoms with van der Waals surface area (Å²) in [5, 5.41) is 2.90. The Balaban J connectivity index is 1.46. The van der Waals surface area contributed by atoms with Gasteiger partial charge in [-0.2, -0.15) is 0 Å². The van der Waals surface area contributed by atoms with Crippen molar-refractivity contribution >= 4 is 24.2 Å². The van der Waals surface area contributed by atoms with Crippen molar-refractivity contribution in [3.63, 3.8) is 0 Å². The number of rotatable bonds is 3. The minimum Gasteiger partial charge on any atom is -0.399 e. The molecule has 1 N–H and O–H groups in total. The zero-order chi connectivity index (χ0) is 18.7. The van der Waals surface area contributed by atoms with E-state index in [4.69, 9.17) is 9.31 Å². The lowest BCUT2D eigenvalue weighted by molar-refractivity contribution is -0.121. The maximum atomic E-state index is 14.7. The average Bonchev–Trinajstić information content (AvgIpc) is 3.21. The first-order valence-electron chi connectivity index (χ1n) is 9.62. The van der Waals surface area contributed by atoms with Gasteiger partial charge in [0.2, 0.25) is 5.91 Å². The van der Waals surface area contributed by atoms with E-state index in [2.05, 4.69) is 5.32 Å². The molecule has 26 heavy (non-hydrogen) atoms. The summed E-state index contributed by atoms with van der Waals surface area (Å²) in [5.41, 5.74) is -0.172. The predicted molar refractivity (Wildman–Crippen MR) is 99.7 cm³/mol. The molecule has 0 spiro atoms. The van der Waals surface area contributed by atoms with Crippen LogP contribution in [-0.2, 0) is 14.1 Å². The molecule has 140 valence electrons. The van der Waals surface area contributed by atoms with Crippen molar-refractivity contribution in [2.24, 2.45) is 17.8 Å². The summed E-state index contributed by atoms with van der Waals surface area (Å²) >= 11 is 0. The maximum Gasteiger partial charge on any atom is 0.497 e. The van der Waals surface area contributed by atoms with Gasteiger partial charge in [0.1, 0.15) is 5.82 Å². The van der Waals surface area contributed by atoms with E-state index in [1.807, 2.05) is 27.7 Å². The molecule has 0 aromatic heterocycles.